The van der Waals surface area contributed by atoms with Crippen molar-refractivity contribution in [1.82, 2.24) is 5.32 Å². The Balaban J connectivity index is 2.64. The largest absolute Gasteiger partial charge is 0.497 e. The summed E-state index contributed by atoms with van der Waals surface area (Å²) in [4.78, 5) is 11.1. The molecule has 1 N–H and O–H groups in total. The highest BCUT2D eigenvalue weighted by Crippen LogP contribution is 2.24. The Morgan fingerprint density at radius 2 is 2.10 bits per heavy atom. The van der Waals surface area contributed by atoms with Crippen molar-refractivity contribution < 1.29 is 19.0 Å². The summed E-state index contributed by atoms with van der Waals surface area (Å²) in [6, 6.07) is 5.64. The van der Waals surface area contributed by atoms with E-state index in [0.717, 1.165) is 30.0 Å². The van der Waals surface area contributed by atoms with Crippen LogP contribution in [0.3, 0.4) is 0 Å². The highest BCUT2D eigenvalue weighted by Gasteiger charge is 2.07. The summed E-state index contributed by atoms with van der Waals surface area (Å²) in [7, 11) is 3.01. The normalized spacial score (nSPS) is 10.2. The number of carbonyl (C=O) groups excluding carboxylic acids is 1. The van der Waals surface area contributed by atoms with Crippen LogP contribution in [0.5, 0.6) is 11.5 Å². The van der Waals surface area contributed by atoms with Crippen LogP contribution in [0.4, 0.5) is 0 Å². The molecule has 0 aliphatic rings. The van der Waals surface area contributed by atoms with Gasteiger partial charge in [0.1, 0.15) is 11.5 Å². The first kappa shape index (κ1) is 16.3. The van der Waals surface area contributed by atoms with Gasteiger partial charge in [0.25, 0.3) is 0 Å². The first-order valence-corrected chi connectivity index (χ1v) is 6.78. The molecule has 5 heteroatoms. The second-order valence-corrected chi connectivity index (χ2v) is 4.33. The second-order valence-electron chi connectivity index (χ2n) is 4.33. The summed E-state index contributed by atoms with van der Waals surface area (Å²) in [5.41, 5.74) is 1.02. The van der Waals surface area contributed by atoms with E-state index in [1.54, 1.807) is 7.11 Å². The number of hydrogen-bond donors (Lipinski definition) is 1. The van der Waals surface area contributed by atoms with Crippen LogP contribution in [0.2, 0.25) is 0 Å². The molecule has 0 aliphatic carbocycles. The van der Waals surface area contributed by atoms with Gasteiger partial charge in [0.05, 0.1) is 27.2 Å². The fraction of sp³-hybridized carbons (Fsp3) is 0.533. The van der Waals surface area contributed by atoms with E-state index in [1.165, 1.54) is 7.11 Å². The van der Waals surface area contributed by atoms with Crippen molar-refractivity contribution in [3.05, 3.63) is 23.8 Å². The monoisotopic (exact) mass is 281 g/mol. The number of carbonyl (C=O) groups is 1. The van der Waals surface area contributed by atoms with Crippen molar-refractivity contribution >= 4 is 5.97 Å². The summed E-state index contributed by atoms with van der Waals surface area (Å²) in [6.07, 6.45) is 1.31. The zero-order chi connectivity index (χ0) is 14.8. The summed E-state index contributed by atoms with van der Waals surface area (Å²) in [5, 5.41) is 3.33. The average Bonchev–Trinajstić information content (AvgIpc) is 2.48. The van der Waals surface area contributed by atoms with Crippen molar-refractivity contribution in [2.24, 2.45) is 0 Å². The molecule has 1 aromatic carbocycles. The van der Waals surface area contributed by atoms with E-state index >= 15 is 0 Å². The van der Waals surface area contributed by atoms with E-state index in [1.807, 2.05) is 18.2 Å². The van der Waals surface area contributed by atoms with Gasteiger partial charge in [-0.1, -0.05) is 6.92 Å². The van der Waals surface area contributed by atoms with E-state index in [4.69, 9.17) is 9.47 Å². The summed E-state index contributed by atoms with van der Waals surface area (Å²) >= 11 is 0. The molecule has 0 amide bonds. The van der Waals surface area contributed by atoms with Gasteiger partial charge in [-0.25, -0.2) is 0 Å². The molecule has 1 rings (SSSR count). The molecule has 0 aromatic heterocycles. The average molecular weight is 281 g/mol. The molecule has 0 bridgehead atoms. The lowest BCUT2D eigenvalue weighted by atomic mass is 10.2. The van der Waals surface area contributed by atoms with Gasteiger partial charge in [0.2, 0.25) is 0 Å². The van der Waals surface area contributed by atoms with E-state index in [9.17, 15) is 4.79 Å². The molecule has 20 heavy (non-hydrogen) atoms. The Hall–Kier alpha value is -1.75. The third kappa shape index (κ3) is 5.48. The van der Waals surface area contributed by atoms with Crippen molar-refractivity contribution in [2.45, 2.75) is 26.3 Å². The summed E-state index contributed by atoms with van der Waals surface area (Å²) in [5.74, 6) is 1.28. The lowest BCUT2D eigenvalue weighted by molar-refractivity contribution is -0.141. The summed E-state index contributed by atoms with van der Waals surface area (Å²) < 4.78 is 15.4. The topological polar surface area (TPSA) is 56.8 Å². The maximum Gasteiger partial charge on any atom is 0.308 e. The molecule has 5 nitrogen and oxygen atoms in total. The van der Waals surface area contributed by atoms with E-state index in [-0.39, 0.29) is 12.4 Å². The quantitative estimate of drug-likeness (QED) is 0.555. The van der Waals surface area contributed by atoms with Crippen LogP contribution in [0.15, 0.2) is 18.2 Å². The molecular weight excluding hydrogens is 258 g/mol. The summed E-state index contributed by atoms with van der Waals surface area (Å²) in [6.45, 7) is 4.07. The predicted octanol–water partition coefficient (Wildman–Crippen LogP) is 2.14. The Morgan fingerprint density at radius 3 is 2.75 bits per heavy atom. The minimum absolute atomic E-state index is 0.240. The third-order valence-corrected chi connectivity index (χ3v) is 2.80. The fourth-order valence-corrected chi connectivity index (χ4v) is 1.71. The minimum Gasteiger partial charge on any atom is -0.497 e. The van der Waals surface area contributed by atoms with Crippen LogP contribution in [0, 0.1) is 0 Å². The maximum absolute atomic E-state index is 11.1. The van der Waals surface area contributed by atoms with Gasteiger partial charge in [-0.15, -0.1) is 0 Å². The molecule has 0 fully saturated rings. The number of rotatable bonds is 9. The molecule has 0 heterocycles. The van der Waals surface area contributed by atoms with E-state index in [0.29, 0.717) is 13.2 Å². The van der Waals surface area contributed by atoms with Gasteiger partial charge in [-0.2, -0.15) is 0 Å². The Bertz CT molecular complexity index is 420. The number of nitrogens with one attached hydrogen (secondary N) is 1. The van der Waals surface area contributed by atoms with Crippen LogP contribution < -0.4 is 14.8 Å². The molecular formula is C15H23NO4. The lowest BCUT2D eigenvalue weighted by Crippen LogP contribution is -2.15. The number of methoxy groups -OCH3 is 2. The Morgan fingerprint density at radius 1 is 1.30 bits per heavy atom. The van der Waals surface area contributed by atoms with Crippen LogP contribution in [0.1, 0.15) is 25.3 Å². The highest BCUT2D eigenvalue weighted by molar-refractivity contribution is 5.69. The van der Waals surface area contributed by atoms with Gasteiger partial charge in [-0.3, -0.25) is 4.79 Å². The third-order valence-electron chi connectivity index (χ3n) is 2.80. The van der Waals surface area contributed by atoms with Crippen molar-refractivity contribution in [3.8, 4) is 11.5 Å². The van der Waals surface area contributed by atoms with Crippen molar-refractivity contribution in [3.63, 3.8) is 0 Å². The lowest BCUT2D eigenvalue weighted by Gasteiger charge is -2.13. The molecule has 112 valence electrons. The molecule has 0 aliphatic heterocycles. The van der Waals surface area contributed by atoms with Crippen LogP contribution in [-0.4, -0.2) is 33.3 Å². The first-order chi connectivity index (χ1) is 9.71. The highest BCUT2D eigenvalue weighted by atomic mass is 16.5. The molecule has 1 aromatic rings. The first-order valence-electron chi connectivity index (χ1n) is 6.78. The fourth-order valence-electron chi connectivity index (χ4n) is 1.71. The molecule has 0 saturated carbocycles. The van der Waals surface area contributed by atoms with Gasteiger partial charge >= 0.3 is 5.97 Å². The standard InChI is InChI=1S/C15H23NO4/c1-4-8-16-11-12-10-13(18-2)5-6-14(12)20-9-7-15(17)19-3/h5-6,10,16H,4,7-9,11H2,1-3H3. The smallest absolute Gasteiger partial charge is 0.308 e. The minimum atomic E-state index is -0.274. The van der Waals surface area contributed by atoms with Crippen LogP contribution >= 0.6 is 0 Å². The van der Waals surface area contributed by atoms with Gasteiger partial charge in [0.15, 0.2) is 0 Å². The molecule has 0 spiro atoms. The van der Waals surface area contributed by atoms with Gasteiger partial charge in [0, 0.05) is 12.1 Å². The van der Waals surface area contributed by atoms with Crippen molar-refractivity contribution in [2.75, 3.05) is 27.4 Å². The van der Waals surface area contributed by atoms with Gasteiger partial charge in [-0.05, 0) is 31.2 Å². The zero-order valence-electron chi connectivity index (χ0n) is 12.4. The van der Waals surface area contributed by atoms with E-state index in [2.05, 4.69) is 17.0 Å². The molecule has 0 atom stereocenters. The number of esters is 1. The maximum atomic E-state index is 11.1. The van der Waals surface area contributed by atoms with Gasteiger partial charge < -0.3 is 19.5 Å². The predicted molar refractivity (Wildman–Crippen MR) is 77.1 cm³/mol. The molecule has 0 unspecified atom stereocenters. The SMILES string of the molecule is CCCNCc1cc(OC)ccc1OCCC(=O)OC. The van der Waals surface area contributed by atoms with E-state index < -0.39 is 0 Å². The van der Waals surface area contributed by atoms with Crippen LogP contribution in [-0.2, 0) is 16.1 Å². The molecule has 0 radical (unpaired) electrons. The van der Waals surface area contributed by atoms with Crippen LogP contribution in [0.25, 0.3) is 0 Å². The van der Waals surface area contributed by atoms with Crippen molar-refractivity contribution in [1.29, 1.82) is 0 Å². The zero-order valence-corrected chi connectivity index (χ0v) is 12.4. The number of ether oxygens (including phenoxy) is 3. The number of hydrogen-bond acceptors (Lipinski definition) is 5. The second kappa shape index (κ2) is 9.20. The molecule has 0 saturated heterocycles. The number of benzene rings is 1. The Labute approximate surface area is 120 Å². The Kier molecular flexibility index (Phi) is 7.50.